The predicted molar refractivity (Wildman–Crippen MR) is 113 cm³/mol. The molecule has 7 heteroatoms. The minimum Gasteiger partial charge on any atom is -0.350 e. The van der Waals surface area contributed by atoms with Gasteiger partial charge in [-0.25, -0.2) is 9.37 Å². The van der Waals surface area contributed by atoms with Crippen LogP contribution < -0.4 is 10.5 Å². The van der Waals surface area contributed by atoms with Crippen LogP contribution in [0.2, 0.25) is 0 Å². The average molecular weight is 401 g/mol. The van der Waals surface area contributed by atoms with E-state index in [2.05, 4.69) is 20.0 Å². The number of pyridine rings is 1. The lowest BCUT2D eigenvalue weighted by Crippen LogP contribution is -2.33. The van der Waals surface area contributed by atoms with Gasteiger partial charge in [0.1, 0.15) is 5.82 Å². The first-order chi connectivity index (χ1) is 14.5. The third-order valence-electron chi connectivity index (χ3n) is 5.47. The fraction of sp³-hybridized carbons (Fsp3) is 0.217. The van der Waals surface area contributed by atoms with Crippen molar-refractivity contribution in [3.05, 3.63) is 87.3 Å². The van der Waals surface area contributed by atoms with Crippen molar-refractivity contribution in [3.8, 4) is 11.1 Å². The van der Waals surface area contributed by atoms with E-state index < -0.39 is 0 Å². The van der Waals surface area contributed by atoms with Crippen LogP contribution in [0.15, 0.2) is 53.5 Å². The number of benzene rings is 1. The first-order valence-corrected chi connectivity index (χ1v) is 9.85. The van der Waals surface area contributed by atoms with Gasteiger partial charge in [-0.3, -0.25) is 9.78 Å². The second kappa shape index (κ2) is 7.02. The van der Waals surface area contributed by atoms with Gasteiger partial charge in [0.2, 0.25) is 0 Å². The molecular weight excluding hydrogens is 381 g/mol. The van der Waals surface area contributed by atoms with Crippen LogP contribution in [0.25, 0.3) is 16.8 Å². The van der Waals surface area contributed by atoms with Crippen molar-refractivity contribution in [3.63, 3.8) is 0 Å². The van der Waals surface area contributed by atoms with Crippen molar-refractivity contribution >= 4 is 11.5 Å². The van der Waals surface area contributed by atoms with E-state index in [1.165, 1.54) is 16.6 Å². The standard InChI is InChI=1S/C23H20FN5O/c1-14-9-21-26-15(2)10-22(30)29(21)27-23(14)28-8-7-20-17(13-28)11-16(12-25-20)18-5-3-4-6-19(18)24/h3-6,9-12H,7-8,13H2,1-2H3. The van der Waals surface area contributed by atoms with Gasteiger partial charge in [-0.05, 0) is 43.2 Å². The van der Waals surface area contributed by atoms with Crippen LogP contribution >= 0.6 is 0 Å². The van der Waals surface area contributed by atoms with Gasteiger partial charge in [0, 0.05) is 54.3 Å². The molecule has 3 aromatic heterocycles. The van der Waals surface area contributed by atoms with Crippen molar-refractivity contribution in [2.75, 3.05) is 11.4 Å². The Morgan fingerprint density at radius 2 is 1.93 bits per heavy atom. The fourth-order valence-corrected chi connectivity index (χ4v) is 4.00. The van der Waals surface area contributed by atoms with Crippen LogP contribution in [-0.2, 0) is 13.0 Å². The number of halogens is 1. The third-order valence-corrected chi connectivity index (χ3v) is 5.47. The molecule has 0 N–H and O–H groups in total. The molecule has 1 aliphatic rings. The van der Waals surface area contributed by atoms with Crippen LogP contribution in [0.5, 0.6) is 0 Å². The molecule has 6 nitrogen and oxygen atoms in total. The second-order valence-corrected chi connectivity index (χ2v) is 7.64. The van der Waals surface area contributed by atoms with E-state index in [0.717, 1.165) is 41.2 Å². The van der Waals surface area contributed by atoms with E-state index in [9.17, 15) is 9.18 Å². The largest absolute Gasteiger partial charge is 0.350 e. The lowest BCUT2D eigenvalue weighted by Gasteiger charge is -2.30. The first kappa shape index (κ1) is 18.4. The molecule has 0 saturated carbocycles. The summed E-state index contributed by atoms with van der Waals surface area (Å²) in [4.78, 5) is 23.5. The lowest BCUT2D eigenvalue weighted by atomic mass is 10.00. The zero-order valence-corrected chi connectivity index (χ0v) is 16.8. The summed E-state index contributed by atoms with van der Waals surface area (Å²) < 4.78 is 15.6. The molecule has 0 radical (unpaired) electrons. The number of rotatable bonds is 2. The highest BCUT2D eigenvalue weighted by Gasteiger charge is 2.22. The SMILES string of the molecule is Cc1cc(=O)n2nc(N3CCc4ncc(-c5ccccc5F)cc4C3)c(C)cc2n1. The van der Waals surface area contributed by atoms with Gasteiger partial charge in [0.25, 0.3) is 5.56 Å². The average Bonchev–Trinajstić information content (AvgIpc) is 2.73. The van der Waals surface area contributed by atoms with Crippen LogP contribution in [-0.4, -0.2) is 26.1 Å². The molecule has 0 saturated heterocycles. The van der Waals surface area contributed by atoms with Crippen molar-refractivity contribution in [2.24, 2.45) is 0 Å². The van der Waals surface area contributed by atoms with Crippen molar-refractivity contribution < 1.29 is 4.39 Å². The van der Waals surface area contributed by atoms with Gasteiger partial charge in [-0.15, -0.1) is 5.10 Å². The molecule has 4 aromatic rings. The van der Waals surface area contributed by atoms with Crippen LogP contribution in [0.4, 0.5) is 10.2 Å². The Bertz CT molecular complexity index is 1350. The molecule has 0 amide bonds. The Morgan fingerprint density at radius 1 is 1.10 bits per heavy atom. The quantitative estimate of drug-likeness (QED) is 0.515. The zero-order chi connectivity index (χ0) is 20.8. The van der Waals surface area contributed by atoms with Gasteiger partial charge < -0.3 is 4.90 Å². The number of fused-ring (bicyclic) bond motifs is 2. The molecule has 1 aliphatic heterocycles. The molecule has 0 fully saturated rings. The highest BCUT2D eigenvalue weighted by molar-refractivity contribution is 5.65. The van der Waals surface area contributed by atoms with E-state index in [4.69, 9.17) is 0 Å². The highest BCUT2D eigenvalue weighted by atomic mass is 19.1. The molecule has 150 valence electrons. The fourth-order valence-electron chi connectivity index (χ4n) is 4.00. The Kier molecular flexibility index (Phi) is 4.31. The normalized spacial score (nSPS) is 13.5. The van der Waals surface area contributed by atoms with Crippen molar-refractivity contribution in [1.82, 2.24) is 19.6 Å². The van der Waals surface area contributed by atoms with Crippen molar-refractivity contribution in [1.29, 1.82) is 0 Å². The summed E-state index contributed by atoms with van der Waals surface area (Å²) in [5.74, 6) is 0.485. The molecular formula is C23H20FN5O. The Labute approximate surface area is 172 Å². The smallest absolute Gasteiger partial charge is 0.274 e. The number of hydrogen-bond donors (Lipinski definition) is 0. The maximum absolute atomic E-state index is 14.2. The Balaban J connectivity index is 1.54. The summed E-state index contributed by atoms with van der Waals surface area (Å²) in [6.45, 7) is 5.11. The second-order valence-electron chi connectivity index (χ2n) is 7.64. The lowest BCUT2D eigenvalue weighted by molar-refractivity contribution is 0.631. The first-order valence-electron chi connectivity index (χ1n) is 9.85. The van der Waals surface area contributed by atoms with Crippen molar-refractivity contribution in [2.45, 2.75) is 26.8 Å². The predicted octanol–water partition coefficient (Wildman–Crippen LogP) is 3.47. The molecule has 4 heterocycles. The molecule has 0 bridgehead atoms. The number of nitrogens with zero attached hydrogens (tertiary/aromatic N) is 5. The Morgan fingerprint density at radius 3 is 2.77 bits per heavy atom. The molecule has 1 aromatic carbocycles. The van der Waals surface area contributed by atoms with Crippen LogP contribution in [0.1, 0.15) is 22.5 Å². The number of hydrogen-bond acceptors (Lipinski definition) is 5. The maximum Gasteiger partial charge on any atom is 0.274 e. The van der Waals surface area contributed by atoms with E-state index >= 15 is 0 Å². The summed E-state index contributed by atoms with van der Waals surface area (Å²) in [6.07, 6.45) is 2.49. The van der Waals surface area contributed by atoms with Crippen LogP contribution in [0.3, 0.4) is 0 Å². The monoisotopic (exact) mass is 401 g/mol. The van der Waals surface area contributed by atoms with E-state index in [0.29, 0.717) is 23.4 Å². The summed E-state index contributed by atoms with van der Waals surface area (Å²) >= 11 is 0. The molecule has 0 atom stereocenters. The highest BCUT2D eigenvalue weighted by Crippen LogP contribution is 2.29. The summed E-state index contributed by atoms with van der Waals surface area (Å²) in [5, 5.41) is 4.59. The minimum absolute atomic E-state index is 0.195. The number of aryl methyl sites for hydroxylation is 2. The van der Waals surface area contributed by atoms with E-state index in [-0.39, 0.29) is 11.4 Å². The molecule has 0 aliphatic carbocycles. The third kappa shape index (κ3) is 3.12. The summed E-state index contributed by atoms with van der Waals surface area (Å²) in [5.41, 5.74) is 5.33. The van der Waals surface area contributed by atoms with Gasteiger partial charge in [-0.2, -0.15) is 4.52 Å². The Hall–Kier alpha value is -3.61. The summed E-state index contributed by atoms with van der Waals surface area (Å²) in [6, 6.07) is 12.1. The van der Waals surface area contributed by atoms with Gasteiger partial charge >= 0.3 is 0 Å². The number of anilines is 1. The van der Waals surface area contributed by atoms with Gasteiger partial charge in [0.15, 0.2) is 11.5 Å². The molecule has 5 rings (SSSR count). The zero-order valence-electron chi connectivity index (χ0n) is 16.8. The molecule has 30 heavy (non-hydrogen) atoms. The van der Waals surface area contributed by atoms with Crippen LogP contribution in [0, 0.1) is 19.7 Å². The number of aromatic nitrogens is 4. The summed E-state index contributed by atoms with van der Waals surface area (Å²) in [7, 11) is 0. The topological polar surface area (TPSA) is 63.4 Å². The molecule has 0 spiro atoms. The van der Waals surface area contributed by atoms with Gasteiger partial charge in [0.05, 0.1) is 0 Å². The maximum atomic E-state index is 14.2. The van der Waals surface area contributed by atoms with Gasteiger partial charge in [-0.1, -0.05) is 18.2 Å². The minimum atomic E-state index is -0.263. The molecule has 0 unspecified atom stereocenters. The van der Waals surface area contributed by atoms with E-state index in [1.807, 2.05) is 25.1 Å². The van der Waals surface area contributed by atoms with E-state index in [1.54, 1.807) is 25.3 Å².